The zero-order valence-electron chi connectivity index (χ0n) is 14.3. The number of nitrogens with zero attached hydrogens (tertiary/aromatic N) is 1. The Morgan fingerprint density at radius 1 is 1.25 bits per heavy atom. The summed E-state index contributed by atoms with van der Waals surface area (Å²) in [6.45, 7) is 4.18. The Hall–Kier alpha value is -2.47. The maximum absolute atomic E-state index is 11.9. The lowest BCUT2D eigenvalue weighted by Gasteiger charge is -2.27. The van der Waals surface area contributed by atoms with Gasteiger partial charge in [-0.05, 0) is 38.1 Å². The highest BCUT2D eigenvalue weighted by Gasteiger charge is 2.26. The molecule has 2 rings (SSSR count). The van der Waals surface area contributed by atoms with Gasteiger partial charge in [-0.2, -0.15) is 0 Å². The molecule has 0 fully saturated rings. The molecule has 3 N–H and O–H groups in total. The Morgan fingerprint density at radius 3 is 2.58 bits per heavy atom. The van der Waals surface area contributed by atoms with Gasteiger partial charge in [-0.25, -0.2) is 4.79 Å². The third kappa shape index (κ3) is 4.76. The summed E-state index contributed by atoms with van der Waals surface area (Å²) < 4.78 is 5.18. The van der Waals surface area contributed by atoms with Gasteiger partial charge in [0.1, 0.15) is 11.4 Å². The van der Waals surface area contributed by atoms with E-state index in [1.165, 1.54) is 6.26 Å². The van der Waals surface area contributed by atoms with Gasteiger partial charge in [-0.15, -0.1) is 0 Å². The van der Waals surface area contributed by atoms with Crippen molar-refractivity contribution in [3.05, 3.63) is 54.5 Å². The molecule has 0 unspecified atom stereocenters. The maximum Gasteiger partial charge on any atom is 0.314 e. The summed E-state index contributed by atoms with van der Waals surface area (Å²) in [5.74, 6) is 0.417. The molecule has 1 heterocycles. The number of likely N-dealkylation sites (N-methyl/N-ethyl adjacent to an activating group) is 1. The molecule has 0 aliphatic heterocycles. The molecule has 24 heavy (non-hydrogen) atoms. The largest absolute Gasteiger partial charge is 0.466 e. The van der Waals surface area contributed by atoms with Crippen molar-refractivity contribution in [2.24, 2.45) is 0 Å². The molecule has 0 bridgehead atoms. The minimum Gasteiger partial charge on any atom is -0.466 e. The minimum atomic E-state index is -1.24. The highest BCUT2D eigenvalue weighted by atomic mass is 16.4. The van der Waals surface area contributed by atoms with Crippen LogP contribution in [0, 0.1) is 0 Å². The van der Waals surface area contributed by atoms with Crippen LogP contribution in [0.4, 0.5) is 10.5 Å². The summed E-state index contributed by atoms with van der Waals surface area (Å²) in [6, 6.07) is 13.2. The monoisotopic (exact) mass is 331 g/mol. The topological polar surface area (TPSA) is 77.7 Å². The van der Waals surface area contributed by atoms with Gasteiger partial charge >= 0.3 is 6.03 Å². The molecule has 0 radical (unpaired) electrons. The van der Waals surface area contributed by atoms with E-state index in [1.807, 2.05) is 44.3 Å². The molecule has 2 aromatic rings. The highest BCUT2D eigenvalue weighted by Crippen LogP contribution is 2.19. The smallest absolute Gasteiger partial charge is 0.314 e. The predicted molar refractivity (Wildman–Crippen MR) is 94.0 cm³/mol. The van der Waals surface area contributed by atoms with Gasteiger partial charge in [-0.3, -0.25) is 0 Å². The zero-order chi connectivity index (χ0) is 17.6. The molecular weight excluding hydrogens is 306 g/mol. The fraction of sp³-hybridized carbons (Fsp3) is 0.389. The second-order valence-electron chi connectivity index (χ2n) is 6.11. The molecule has 0 aliphatic rings. The standard InChI is InChI=1S/C18H25N3O3/c1-14(21(3)15-8-5-4-6-9-15)12-19-17(22)20-13-18(2,23)16-10-7-11-24-16/h4-11,14,23H,12-13H2,1-3H3,(H2,19,20,22)/t14-,18-/m0/s1. The normalized spacial score (nSPS) is 14.5. The summed E-state index contributed by atoms with van der Waals surface area (Å²) in [5, 5.41) is 15.8. The summed E-state index contributed by atoms with van der Waals surface area (Å²) in [5.41, 5.74) is -0.152. The van der Waals surface area contributed by atoms with Crippen molar-refractivity contribution >= 4 is 11.7 Å². The summed E-state index contributed by atoms with van der Waals surface area (Å²) in [6.07, 6.45) is 1.49. The lowest BCUT2D eigenvalue weighted by molar-refractivity contribution is 0.0367. The van der Waals surface area contributed by atoms with E-state index in [2.05, 4.69) is 15.5 Å². The van der Waals surface area contributed by atoms with Crippen LogP contribution in [0.15, 0.2) is 53.1 Å². The number of hydrogen-bond acceptors (Lipinski definition) is 4. The SMILES string of the molecule is C[C@@H](CNC(=O)NC[C@](C)(O)c1ccco1)N(C)c1ccccc1. The highest BCUT2D eigenvalue weighted by molar-refractivity contribution is 5.74. The van der Waals surface area contributed by atoms with Gasteiger partial charge in [-0.1, -0.05) is 18.2 Å². The van der Waals surface area contributed by atoms with E-state index in [0.29, 0.717) is 12.3 Å². The van der Waals surface area contributed by atoms with E-state index in [9.17, 15) is 9.90 Å². The number of carbonyl (C=O) groups is 1. The summed E-state index contributed by atoms with van der Waals surface area (Å²) in [7, 11) is 1.99. The second-order valence-corrected chi connectivity index (χ2v) is 6.11. The molecule has 130 valence electrons. The van der Waals surface area contributed by atoms with Crippen LogP contribution in [0.3, 0.4) is 0 Å². The van der Waals surface area contributed by atoms with Crippen molar-refractivity contribution in [1.29, 1.82) is 0 Å². The number of hydrogen-bond donors (Lipinski definition) is 3. The average Bonchev–Trinajstić information content (AvgIpc) is 3.13. The zero-order valence-corrected chi connectivity index (χ0v) is 14.3. The molecular formula is C18H25N3O3. The number of benzene rings is 1. The Labute approximate surface area is 142 Å². The third-order valence-electron chi connectivity index (χ3n) is 4.03. The quantitative estimate of drug-likeness (QED) is 0.727. The van der Waals surface area contributed by atoms with Gasteiger partial charge in [0.15, 0.2) is 0 Å². The Bertz CT molecular complexity index is 626. The first kappa shape index (κ1) is 17.9. The third-order valence-corrected chi connectivity index (χ3v) is 4.03. The van der Waals surface area contributed by atoms with Crippen LogP contribution < -0.4 is 15.5 Å². The molecule has 6 heteroatoms. The molecule has 6 nitrogen and oxygen atoms in total. The van der Waals surface area contributed by atoms with E-state index in [-0.39, 0.29) is 18.6 Å². The molecule has 0 saturated carbocycles. The van der Waals surface area contributed by atoms with Crippen molar-refractivity contribution in [3.63, 3.8) is 0 Å². The number of amides is 2. The lowest BCUT2D eigenvalue weighted by Crippen LogP contribution is -2.47. The van der Waals surface area contributed by atoms with Crippen LogP contribution in [0.25, 0.3) is 0 Å². The van der Waals surface area contributed by atoms with Crippen LogP contribution in [-0.2, 0) is 5.60 Å². The molecule has 0 aliphatic carbocycles. The van der Waals surface area contributed by atoms with E-state index in [4.69, 9.17) is 4.42 Å². The lowest BCUT2D eigenvalue weighted by atomic mass is 10.0. The first-order valence-corrected chi connectivity index (χ1v) is 7.96. The number of urea groups is 1. The molecule has 1 aromatic heterocycles. The van der Waals surface area contributed by atoms with Crippen molar-refractivity contribution in [1.82, 2.24) is 10.6 Å². The van der Waals surface area contributed by atoms with Crippen LogP contribution in [0.5, 0.6) is 0 Å². The molecule has 1 aromatic carbocycles. The number of para-hydroxylation sites is 1. The Kier molecular flexibility index (Phi) is 5.87. The van der Waals surface area contributed by atoms with E-state index < -0.39 is 5.60 Å². The van der Waals surface area contributed by atoms with Gasteiger partial charge in [0.2, 0.25) is 0 Å². The van der Waals surface area contributed by atoms with Gasteiger partial charge in [0.05, 0.1) is 12.8 Å². The maximum atomic E-state index is 11.9. The van der Waals surface area contributed by atoms with E-state index in [1.54, 1.807) is 19.1 Å². The number of carbonyl (C=O) groups excluding carboxylic acids is 1. The van der Waals surface area contributed by atoms with Crippen LogP contribution >= 0.6 is 0 Å². The Balaban J connectivity index is 1.77. The van der Waals surface area contributed by atoms with Crippen molar-refractivity contribution in [2.75, 3.05) is 25.0 Å². The number of rotatable bonds is 7. The summed E-state index contributed by atoms with van der Waals surface area (Å²) in [4.78, 5) is 14.0. The number of anilines is 1. The van der Waals surface area contributed by atoms with E-state index in [0.717, 1.165) is 5.69 Å². The fourth-order valence-electron chi connectivity index (χ4n) is 2.28. The average molecular weight is 331 g/mol. The molecule has 0 spiro atoms. The van der Waals surface area contributed by atoms with E-state index >= 15 is 0 Å². The molecule has 2 amide bonds. The summed E-state index contributed by atoms with van der Waals surface area (Å²) >= 11 is 0. The van der Waals surface area contributed by atoms with Crippen molar-refractivity contribution in [3.8, 4) is 0 Å². The first-order chi connectivity index (χ1) is 11.4. The molecule has 0 saturated heterocycles. The second kappa shape index (κ2) is 7.88. The van der Waals surface area contributed by atoms with Gasteiger partial charge in [0, 0.05) is 25.3 Å². The predicted octanol–water partition coefficient (Wildman–Crippen LogP) is 2.31. The number of aliphatic hydroxyl groups is 1. The number of nitrogens with one attached hydrogen (secondary N) is 2. The van der Waals surface area contributed by atoms with Crippen LogP contribution in [0.1, 0.15) is 19.6 Å². The van der Waals surface area contributed by atoms with Crippen molar-refractivity contribution < 1.29 is 14.3 Å². The fourth-order valence-corrected chi connectivity index (χ4v) is 2.28. The molecule has 2 atom stereocenters. The van der Waals surface area contributed by atoms with Crippen LogP contribution in [-0.4, -0.2) is 37.3 Å². The van der Waals surface area contributed by atoms with Crippen molar-refractivity contribution in [2.45, 2.75) is 25.5 Å². The minimum absolute atomic E-state index is 0.0647. The van der Waals surface area contributed by atoms with Gasteiger partial charge in [0.25, 0.3) is 0 Å². The van der Waals surface area contributed by atoms with Crippen LogP contribution in [0.2, 0.25) is 0 Å². The number of furan rings is 1. The Morgan fingerprint density at radius 2 is 1.96 bits per heavy atom. The van der Waals surface area contributed by atoms with Gasteiger partial charge < -0.3 is 25.1 Å². The first-order valence-electron chi connectivity index (χ1n) is 7.96.